The van der Waals surface area contributed by atoms with Gasteiger partial charge in [0.15, 0.2) is 0 Å². The molecule has 0 amide bonds. The second-order valence-electron chi connectivity index (χ2n) is 6.81. The number of carbonyl (C=O) groups is 4. The third-order valence-corrected chi connectivity index (χ3v) is 4.30. The zero-order valence-corrected chi connectivity index (χ0v) is 15.4. The Bertz CT molecular complexity index is 447. The van der Waals surface area contributed by atoms with Gasteiger partial charge in [0.1, 0.15) is 0 Å². The molecule has 1 heterocycles. The highest BCUT2D eigenvalue weighted by Gasteiger charge is 2.23. The first kappa shape index (κ1) is 23.8. The monoisotopic (exact) mass is 404 g/mol. The number of aliphatic carboxylic acids is 4. The summed E-state index contributed by atoms with van der Waals surface area (Å²) in [5, 5.41) is 48.2. The lowest BCUT2D eigenvalue weighted by molar-refractivity contribution is -0.139. The first-order chi connectivity index (χ1) is 13.2. The molecule has 1 aliphatic rings. The average molecular weight is 404 g/mol. The summed E-state index contributed by atoms with van der Waals surface area (Å²) in [7, 11) is 0. The molecule has 8 N–H and O–H groups in total. The SMILES string of the molecule is O=C(O)C[C@@H]1CN[C@H](CC(=O)O)CN[C@H](CC(=O)O)CN[C@H](CC(=O)O)CN1. The van der Waals surface area contributed by atoms with Crippen LogP contribution in [0.2, 0.25) is 0 Å². The van der Waals surface area contributed by atoms with Crippen molar-refractivity contribution < 1.29 is 39.6 Å². The summed E-state index contributed by atoms with van der Waals surface area (Å²) in [5.74, 6) is -4.15. The Morgan fingerprint density at radius 1 is 0.500 bits per heavy atom. The van der Waals surface area contributed by atoms with E-state index < -0.39 is 48.0 Å². The van der Waals surface area contributed by atoms with Gasteiger partial charge in [0.2, 0.25) is 0 Å². The van der Waals surface area contributed by atoms with Crippen LogP contribution in [0.15, 0.2) is 0 Å². The molecule has 1 rings (SSSR count). The van der Waals surface area contributed by atoms with Gasteiger partial charge in [0, 0.05) is 50.3 Å². The van der Waals surface area contributed by atoms with Crippen molar-refractivity contribution in [2.75, 3.05) is 26.2 Å². The van der Waals surface area contributed by atoms with Crippen molar-refractivity contribution in [3.63, 3.8) is 0 Å². The van der Waals surface area contributed by atoms with Crippen LogP contribution in [-0.4, -0.2) is 94.6 Å². The van der Waals surface area contributed by atoms with Crippen LogP contribution in [0, 0.1) is 0 Å². The van der Waals surface area contributed by atoms with Gasteiger partial charge in [-0.1, -0.05) is 0 Å². The fraction of sp³-hybridized carbons (Fsp3) is 0.750. The minimum absolute atomic E-state index is 0.162. The van der Waals surface area contributed by atoms with Crippen LogP contribution in [0.1, 0.15) is 25.7 Å². The van der Waals surface area contributed by atoms with Gasteiger partial charge in [-0.15, -0.1) is 0 Å². The molecule has 0 spiro atoms. The molecule has 160 valence electrons. The molecule has 0 aliphatic carbocycles. The Morgan fingerprint density at radius 2 is 0.679 bits per heavy atom. The number of nitrogens with one attached hydrogen (secondary N) is 4. The molecule has 0 aromatic carbocycles. The lowest BCUT2D eigenvalue weighted by Gasteiger charge is -2.29. The van der Waals surface area contributed by atoms with Crippen molar-refractivity contribution in [2.24, 2.45) is 0 Å². The van der Waals surface area contributed by atoms with E-state index in [1.807, 2.05) is 0 Å². The van der Waals surface area contributed by atoms with Gasteiger partial charge in [-0.2, -0.15) is 0 Å². The summed E-state index contributed by atoms with van der Waals surface area (Å²) in [6, 6.07) is -2.11. The average Bonchev–Trinajstić information content (AvgIpc) is 2.55. The standard InChI is InChI=1S/C16H28N4O8/c21-13(22)1-9-5-18-11(3-15(25)26)7-20-12(4-16(27)28)8-19-10(6-17-9)2-14(23)24/h9-12,17-20H,1-8H2,(H,21,22)(H,23,24)(H,25,26)(H,27,28)/t9-,10-,11-,12-/m1/s1. The molecule has 12 heteroatoms. The van der Waals surface area contributed by atoms with Crippen LogP contribution in [0.3, 0.4) is 0 Å². The van der Waals surface area contributed by atoms with E-state index in [4.69, 9.17) is 20.4 Å². The highest BCUT2D eigenvalue weighted by Crippen LogP contribution is 2.02. The van der Waals surface area contributed by atoms with E-state index >= 15 is 0 Å². The molecular weight excluding hydrogens is 376 g/mol. The third-order valence-electron chi connectivity index (χ3n) is 4.30. The van der Waals surface area contributed by atoms with Gasteiger partial charge in [0.05, 0.1) is 25.7 Å². The van der Waals surface area contributed by atoms with Crippen molar-refractivity contribution in [2.45, 2.75) is 49.9 Å². The molecule has 28 heavy (non-hydrogen) atoms. The summed E-state index contributed by atoms with van der Waals surface area (Å²) >= 11 is 0. The maximum atomic E-state index is 11.1. The molecule has 0 aromatic heterocycles. The quantitative estimate of drug-likeness (QED) is 0.216. The third kappa shape index (κ3) is 10.8. The van der Waals surface area contributed by atoms with Gasteiger partial charge in [0.25, 0.3) is 0 Å². The fourth-order valence-electron chi connectivity index (χ4n) is 2.94. The van der Waals surface area contributed by atoms with E-state index in [2.05, 4.69) is 21.3 Å². The summed E-state index contributed by atoms with van der Waals surface area (Å²) < 4.78 is 0. The molecule has 12 nitrogen and oxygen atoms in total. The molecule has 1 saturated heterocycles. The fourth-order valence-corrected chi connectivity index (χ4v) is 2.94. The molecular formula is C16H28N4O8. The van der Waals surface area contributed by atoms with Crippen LogP contribution >= 0.6 is 0 Å². The molecule has 0 bridgehead atoms. The van der Waals surface area contributed by atoms with Gasteiger partial charge in [-0.3, -0.25) is 19.2 Å². The highest BCUT2D eigenvalue weighted by molar-refractivity contribution is 5.69. The first-order valence-electron chi connectivity index (χ1n) is 8.96. The van der Waals surface area contributed by atoms with Crippen molar-refractivity contribution in [3.05, 3.63) is 0 Å². The van der Waals surface area contributed by atoms with Crippen LogP contribution in [0.4, 0.5) is 0 Å². The second kappa shape index (κ2) is 12.2. The van der Waals surface area contributed by atoms with E-state index in [0.29, 0.717) is 0 Å². The summed E-state index contributed by atoms with van der Waals surface area (Å²) in [5.41, 5.74) is 0. The normalized spacial score (nSPS) is 27.1. The molecule has 0 aromatic rings. The molecule has 0 unspecified atom stereocenters. The van der Waals surface area contributed by atoms with Crippen LogP contribution in [-0.2, 0) is 19.2 Å². The minimum Gasteiger partial charge on any atom is -0.481 e. The van der Waals surface area contributed by atoms with E-state index in [1.54, 1.807) is 0 Å². The lowest BCUT2D eigenvalue weighted by Crippen LogP contribution is -2.55. The van der Waals surface area contributed by atoms with Gasteiger partial charge < -0.3 is 41.7 Å². The number of carboxylic acids is 4. The zero-order valence-electron chi connectivity index (χ0n) is 15.4. The Hall–Kier alpha value is -2.28. The number of hydrogen-bond donors (Lipinski definition) is 8. The van der Waals surface area contributed by atoms with E-state index in [9.17, 15) is 19.2 Å². The van der Waals surface area contributed by atoms with Crippen LogP contribution < -0.4 is 21.3 Å². The van der Waals surface area contributed by atoms with Crippen molar-refractivity contribution in [1.82, 2.24) is 21.3 Å². The lowest BCUT2D eigenvalue weighted by atomic mass is 10.1. The van der Waals surface area contributed by atoms with Crippen molar-refractivity contribution in [3.8, 4) is 0 Å². The van der Waals surface area contributed by atoms with Crippen LogP contribution in [0.25, 0.3) is 0 Å². The van der Waals surface area contributed by atoms with Crippen molar-refractivity contribution >= 4 is 23.9 Å². The maximum absolute atomic E-state index is 11.1. The molecule has 0 radical (unpaired) electrons. The van der Waals surface area contributed by atoms with E-state index in [0.717, 1.165) is 0 Å². The second-order valence-corrected chi connectivity index (χ2v) is 6.81. The summed E-state index contributed by atoms with van der Waals surface area (Å²) in [6.07, 6.45) is -0.882. The Morgan fingerprint density at radius 3 is 0.821 bits per heavy atom. The Kier molecular flexibility index (Phi) is 10.4. The Labute approximate surface area is 161 Å². The topological polar surface area (TPSA) is 197 Å². The predicted molar refractivity (Wildman–Crippen MR) is 96.2 cm³/mol. The molecule has 0 saturated carbocycles. The smallest absolute Gasteiger partial charge is 0.304 e. The number of hydrogen-bond acceptors (Lipinski definition) is 8. The first-order valence-corrected chi connectivity index (χ1v) is 8.96. The molecule has 4 atom stereocenters. The zero-order chi connectivity index (χ0) is 21.1. The van der Waals surface area contributed by atoms with E-state index in [-0.39, 0.29) is 51.9 Å². The summed E-state index contributed by atoms with van der Waals surface area (Å²) in [6.45, 7) is 0.648. The van der Waals surface area contributed by atoms with Crippen LogP contribution in [0.5, 0.6) is 0 Å². The number of rotatable bonds is 8. The highest BCUT2D eigenvalue weighted by atomic mass is 16.4. The largest absolute Gasteiger partial charge is 0.481 e. The predicted octanol–water partition coefficient (Wildman–Crippen LogP) is -2.27. The van der Waals surface area contributed by atoms with E-state index in [1.165, 1.54) is 0 Å². The van der Waals surface area contributed by atoms with Gasteiger partial charge in [-0.25, -0.2) is 0 Å². The van der Waals surface area contributed by atoms with Gasteiger partial charge >= 0.3 is 23.9 Å². The molecule has 1 aliphatic heterocycles. The number of carboxylic acid groups (broad SMARTS) is 4. The van der Waals surface area contributed by atoms with Gasteiger partial charge in [-0.05, 0) is 0 Å². The van der Waals surface area contributed by atoms with Crippen molar-refractivity contribution in [1.29, 1.82) is 0 Å². The minimum atomic E-state index is -1.04. The summed E-state index contributed by atoms with van der Waals surface area (Å²) in [4.78, 5) is 44.3. The molecule has 1 fully saturated rings. The maximum Gasteiger partial charge on any atom is 0.304 e. The Balaban J connectivity index is 2.90.